The summed E-state index contributed by atoms with van der Waals surface area (Å²) in [5, 5.41) is 12.1. The molecule has 1 aromatic carbocycles. The van der Waals surface area contributed by atoms with Crippen molar-refractivity contribution >= 4 is 23.5 Å². The highest BCUT2D eigenvalue weighted by Crippen LogP contribution is 2.44. The van der Waals surface area contributed by atoms with Gasteiger partial charge in [0.15, 0.2) is 11.5 Å². The molecule has 26 heavy (non-hydrogen) atoms. The van der Waals surface area contributed by atoms with E-state index in [0.29, 0.717) is 24.3 Å². The fraction of sp³-hybridized carbons (Fsp3) is 0.500. The minimum atomic E-state index is -1.01. The molecule has 0 aromatic heterocycles. The van der Waals surface area contributed by atoms with Crippen molar-refractivity contribution in [1.29, 1.82) is 0 Å². The zero-order chi connectivity index (χ0) is 19.5. The van der Waals surface area contributed by atoms with E-state index in [4.69, 9.17) is 9.47 Å². The Kier molecular flexibility index (Phi) is 5.74. The van der Waals surface area contributed by atoms with Crippen molar-refractivity contribution in [3.63, 3.8) is 0 Å². The van der Waals surface area contributed by atoms with Gasteiger partial charge < -0.3 is 24.8 Å². The predicted molar refractivity (Wildman–Crippen MR) is 94.7 cm³/mol. The molecule has 1 aliphatic carbocycles. The van der Waals surface area contributed by atoms with E-state index < -0.39 is 17.3 Å². The lowest BCUT2D eigenvalue weighted by Gasteiger charge is -2.37. The summed E-state index contributed by atoms with van der Waals surface area (Å²) in [6, 6.07) is 2.99. The normalized spacial score (nSPS) is 14.8. The minimum absolute atomic E-state index is 0.133. The molecule has 0 heterocycles. The van der Waals surface area contributed by atoms with E-state index >= 15 is 0 Å². The molecule has 2 N–H and O–H groups in total. The number of hydrogen-bond donors (Lipinski definition) is 2. The first-order chi connectivity index (χ1) is 12.2. The molecule has 1 aromatic rings. The highest BCUT2D eigenvalue weighted by atomic mass is 16.5. The van der Waals surface area contributed by atoms with E-state index in [-0.39, 0.29) is 23.6 Å². The maximum Gasteiger partial charge on any atom is 0.310 e. The van der Waals surface area contributed by atoms with Gasteiger partial charge in [0.2, 0.25) is 5.91 Å². The van der Waals surface area contributed by atoms with Crippen molar-refractivity contribution in [2.45, 2.75) is 25.7 Å². The molecule has 8 heteroatoms. The van der Waals surface area contributed by atoms with Gasteiger partial charge in [-0.15, -0.1) is 0 Å². The number of carbonyl (C=O) groups excluding carboxylic acids is 2. The van der Waals surface area contributed by atoms with E-state index in [0.717, 1.165) is 6.42 Å². The Morgan fingerprint density at radius 3 is 2.15 bits per heavy atom. The van der Waals surface area contributed by atoms with Crippen LogP contribution in [0.3, 0.4) is 0 Å². The monoisotopic (exact) mass is 364 g/mol. The molecule has 0 radical (unpaired) electrons. The van der Waals surface area contributed by atoms with Crippen LogP contribution in [-0.4, -0.2) is 56.1 Å². The Bertz CT molecular complexity index is 725. The quantitative estimate of drug-likeness (QED) is 0.767. The van der Waals surface area contributed by atoms with Crippen LogP contribution in [0.2, 0.25) is 0 Å². The summed E-state index contributed by atoms with van der Waals surface area (Å²) in [4.78, 5) is 37.8. The molecule has 0 atom stereocenters. The van der Waals surface area contributed by atoms with Gasteiger partial charge in [-0.3, -0.25) is 14.4 Å². The average Bonchev–Trinajstić information content (AvgIpc) is 2.56. The summed E-state index contributed by atoms with van der Waals surface area (Å²) in [6.07, 6.45) is 1.61. The van der Waals surface area contributed by atoms with E-state index in [9.17, 15) is 19.5 Å². The summed E-state index contributed by atoms with van der Waals surface area (Å²) in [5.74, 6) is -1.02. The molecule has 142 valence electrons. The van der Waals surface area contributed by atoms with Crippen LogP contribution in [0.4, 0.5) is 5.69 Å². The Morgan fingerprint density at radius 2 is 1.73 bits per heavy atom. The molecule has 1 fully saturated rings. The smallest absolute Gasteiger partial charge is 0.310 e. The van der Waals surface area contributed by atoms with Gasteiger partial charge in [-0.1, -0.05) is 6.42 Å². The molecule has 2 amide bonds. The Balaban J connectivity index is 2.33. The second kappa shape index (κ2) is 7.63. The number of methoxy groups -OCH3 is 2. The molecular formula is C18H24N2O6. The number of amides is 2. The molecule has 0 saturated heterocycles. The number of nitrogens with zero attached hydrogens (tertiary/aromatic N) is 1. The van der Waals surface area contributed by atoms with Crippen molar-refractivity contribution in [1.82, 2.24) is 4.90 Å². The van der Waals surface area contributed by atoms with Crippen LogP contribution in [-0.2, 0) is 9.59 Å². The molecular weight excluding hydrogens is 340 g/mol. The van der Waals surface area contributed by atoms with Gasteiger partial charge in [-0.2, -0.15) is 0 Å². The molecule has 0 aliphatic heterocycles. The van der Waals surface area contributed by atoms with Crippen molar-refractivity contribution in [2.24, 2.45) is 5.41 Å². The van der Waals surface area contributed by atoms with Crippen molar-refractivity contribution < 1.29 is 29.0 Å². The molecule has 8 nitrogen and oxygen atoms in total. The van der Waals surface area contributed by atoms with Crippen molar-refractivity contribution in [3.05, 3.63) is 17.7 Å². The predicted octanol–water partition coefficient (Wildman–Crippen LogP) is 1.99. The number of anilines is 1. The second-order valence-corrected chi connectivity index (χ2v) is 6.62. The third-order valence-corrected chi connectivity index (χ3v) is 4.70. The maximum absolute atomic E-state index is 12.5. The lowest BCUT2D eigenvalue weighted by Crippen LogP contribution is -2.41. The number of aliphatic carboxylic acids is 1. The summed E-state index contributed by atoms with van der Waals surface area (Å²) < 4.78 is 10.4. The van der Waals surface area contributed by atoms with E-state index in [1.807, 2.05) is 0 Å². The number of carboxylic acids is 1. The molecule has 0 spiro atoms. The van der Waals surface area contributed by atoms with Crippen LogP contribution in [0.5, 0.6) is 11.5 Å². The van der Waals surface area contributed by atoms with Gasteiger partial charge in [0.1, 0.15) is 0 Å². The van der Waals surface area contributed by atoms with Crippen molar-refractivity contribution in [2.75, 3.05) is 33.6 Å². The minimum Gasteiger partial charge on any atom is -0.493 e. The van der Waals surface area contributed by atoms with Crippen LogP contribution in [0.25, 0.3) is 0 Å². The summed E-state index contributed by atoms with van der Waals surface area (Å²) in [5.41, 5.74) is -0.517. The maximum atomic E-state index is 12.5. The molecule has 2 rings (SSSR count). The van der Waals surface area contributed by atoms with Gasteiger partial charge in [0, 0.05) is 26.6 Å². The Labute approximate surface area is 152 Å². The number of nitrogens with one attached hydrogen (secondary N) is 1. The first-order valence-electron chi connectivity index (χ1n) is 8.25. The summed E-state index contributed by atoms with van der Waals surface area (Å²) in [6.45, 7) is 0. The van der Waals surface area contributed by atoms with Crippen LogP contribution < -0.4 is 14.8 Å². The van der Waals surface area contributed by atoms with E-state index in [1.165, 1.54) is 31.3 Å². The number of carbonyl (C=O) groups is 3. The van der Waals surface area contributed by atoms with Gasteiger partial charge in [-0.25, -0.2) is 0 Å². The van der Waals surface area contributed by atoms with Crippen LogP contribution in [0.1, 0.15) is 36.0 Å². The zero-order valence-corrected chi connectivity index (χ0v) is 15.4. The lowest BCUT2D eigenvalue weighted by atomic mass is 9.66. The number of benzene rings is 1. The lowest BCUT2D eigenvalue weighted by molar-refractivity contribution is -0.157. The van der Waals surface area contributed by atoms with Gasteiger partial charge in [-0.05, 0) is 18.9 Å². The summed E-state index contributed by atoms with van der Waals surface area (Å²) >= 11 is 0. The highest BCUT2D eigenvalue weighted by Gasteiger charge is 2.46. The second-order valence-electron chi connectivity index (χ2n) is 6.62. The number of ether oxygens (including phenoxy) is 2. The topological polar surface area (TPSA) is 105 Å². The SMILES string of the molecule is COc1cc(NC(=O)CC2(C(=O)O)CCC2)c(C(=O)N(C)C)cc1OC. The van der Waals surface area contributed by atoms with E-state index in [1.54, 1.807) is 14.1 Å². The van der Waals surface area contributed by atoms with Crippen LogP contribution in [0, 0.1) is 5.41 Å². The summed E-state index contributed by atoms with van der Waals surface area (Å²) in [7, 11) is 6.09. The Hall–Kier alpha value is -2.77. The van der Waals surface area contributed by atoms with Gasteiger partial charge in [0.05, 0.1) is 30.9 Å². The third kappa shape index (κ3) is 3.74. The largest absolute Gasteiger partial charge is 0.493 e. The molecule has 0 bridgehead atoms. The first-order valence-corrected chi connectivity index (χ1v) is 8.25. The fourth-order valence-electron chi connectivity index (χ4n) is 2.97. The van der Waals surface area contributed by atoms with Gasteiger partial charge >= 0.3 is 5.97 Å². The third-order valence-electron chi connectivity index (χ3n) is 4.70. The highest BCUT2D eigenvalue weighted by molar-refractivity contribution is 6.05. The average molecular weight is 364 g/mol. The molecule has 1 aliphatic rings. The van der Waals surface area contributed by atoms with Crippen molar-refractivity contribution in [3.8, 4) is 11.5 Å². The number of hydrogen-bond acceptors (Lipinski definition) is 5. The number of rotatable bonds is 7. The van der Waals surface area contributed by atoms with E-state index in [2.05, 4.69) is 5.32 Å². The molecule has 0 unspecified atom stereocenters. The first kappa shape index (κ1) is 19.6. The Morgan fingerprint density at radius 1 is 1.15 bits per heavy atom. The number of carboxylic acid groups (broad SMARTS) is 1. The fourth-order valence-corrected chi connectivity index (χ4v) is 2.97. The molecule has 1 saturated carbocycles. The van der Waals surface area contributed by atoms with Gasteiger partial charge in [0.25, 0.3) is 5.91 Å². The standard InChI is InChI=1S/C18H24N2O6/c1-20(2)16(22)11-8-13(25-3)14(26-4)9-12(11)19-15(21)10-18(17(23)24)6-5-7-18/h8-9H,5-7,10H2,1-4H3,(H,19,21)(H,23,24). The van der Waals surface area contributed by atoms with Crippen LogP contribution in [0.15, 0.2) is 12.1 Å². The zero-order valence-electron chi connectivity index (χ0n) is 15.4. The van der Waals surface area contributed by atoms with Crippen LogP contribution >= 0.6 is 0 Å².